The average Bonchev–Trinajstić information content (AvgIpc) is 2.88. The van der Waals surface area contributed by atoms with Crippen molar-refractivity contribution in [3.05, 3.63) is 48.0 Å². The lowest BCUT2D eigenvalue weighted by Crippen LogP contribution is -2.52. The number of carbonyl (C=O) groups excluding carboxylic acids is 2. The normalized spacial score (nSPS) is 25.4. The Morgan fingerprint density at radius 3 is 2.90 bits per heavy atom. The smallest absolute Gasteiger partial charge is 0.256 e. The molecule has 21 heavy (non-hydrogen) atoms. The number of thioether (sulfide) groups is 1. The second-order valence-electron chi connectivity index (χ2n) is 5.81. The highest BCUT2D eigenvalue weighted by Gasteiger charge is 2.57. The zero-order valence-electron chi connectivity index (χ0n) is 12.1. The van der Waals surface area contributed by atoms with E-state index in [4.69, 9.17) is 0 Å². The van der Waals surface area contributed by atoms with Gasteiger partial charge in [-0.15, -0.1) is 18.3 Å². The predicted octanol–water partition coefficient (Wildman–Crippen LogP) is 2.34. The van der Waals surface area contributed by atoms with Crippen LogP contribution in [-0.2, 0) is 4.79 Å². The van der Waals surface area contributed by atoms with Crippen LogP contribution in [0.15, 0.2) is 36.9 Å². The molecule has 2 amide bonds. The number of amides is 2. The Morgan fingerprint density at radius 2 is 2.19 bits per heavy atom. The summed E-state index contributed by atoms with van der Waals surface area (Å²) in [5.41, 5.74) is 1.73. The molecule has 0 aromatic heterocycles. The van der Waals surface area contributed by atoms with Gasteiger partial charge in [0.05, 0.1) is 0 Å². The van der Waals surface area contributed by atoms with Crippen LogP contribution in [0.4, 0.5) is 0 Å². The summed E-state index contributed by atoms with van der Waals surface area (Å²) in [6, 6.07) is 7.15. The molecule has 2 atom stereocenters. The summed E-state index contributed by atoms with van der Waals surface area (Å²) in [5.74, 6) is -0.163. The van der Waals surface area contributed by atoms with Crippen LogP contribution < -0.4 is 5.32 Å². The molecule has 1 aromatic rings. The Balaban J connectivity index is 1.98. The second-order valence-corrected chi connectivity index (χ2v) is 7.54. The van der Waals surface area contributed by atoms with Crippen LogP contribution in [0.5, 0.6) is 0 Å². The highest BCUT2D eigenvalue weighted by atomic mass is 32.2. The van der Waals surface area contributed by atoms with Crippen LogP contribution >= 0.6 is 11.8 Å². The predicted molar refractivity (Wildman–Crippen MR) is 84.0 cm³/mol. The molecule has 0 aliphatic carbocycles. The van der Waals surface area contributed by atoms with Crippen molar-refractivity contribution in [1.29, 1.82) is 0 Å². The second kappa shape index (κ2) is 4.91. The molecule has 1 saturated heterocycles. The molecule has 2 aliphatic heterocycles. The minimum Gasteiger partial charge on any atom is -0.351 e. The first-order valence-electron chi connectivity index (χ1n) is 6.95. The zero-order chi connectivity index (χ0) is 15.2. The minimum atomic E-state index is -0.465. The summed E-state index contributed by atoms with van der Waals surface area (Å²) in [6.07, 6.45) is 1.64. The molecule has 1 N–H and O–H groups in total. The number of fused-ring (bicyclic) bond motifs is 3. The molecule has 0 radical (unpaired) electrons. The van der Waals surface area contributed by atoms with E-state index in [1.807, 2.05) is 38.1 Å². The Bertz CT molecular complexity index is 626. The highest BCUT2D eigenvalue weighted by Crippen LogP contribution is 2.56. The van der Waals surface area contributed by atoms with Crippen LogP contribution in [0.3, 0.4) is 0 Å². The molecular weight excluding hydrogens is 284 g/mol. The third kappa shape index (κ3) is 2.07. The van der Waals surface area contributed by atoms with Crippen molar-refractivity contribution in [3.63, 3.8) is 0 Å². The summed E-state index contributed by atoms with van der Waals surface area (Å²) in [7, 11) is 0. The van der Waals surface area contributed by atoms with Gasteiger partial charge in [0.2, 0.25) is 5.91 Å². The number of rotatable bonds is 3. The first-order chi connectivity index (χ1) is 9.97. The fraction of sp³-hybridized carbons (Fsp3) is 0.375. The molecule has 0 spiro atoms. The standard InChI is InChI=1S/C16H18N2O2S/c1-4-9-17-13(19)12-16(2,3)21-15-11-8-6-5-7-10(11)14(20)18(12)15/h4-8,12,15H,1,9H2,2-3H3,(H,17,19)/t12-,15-/m1/s1. The first-order valence-corrected chi connectivity index (χ1v) is 7.83. The molecular formula is C16H18N2O2S. The Morgan fingerprint density at radius 1 is 1.48 bits per heavy atom. The van der Waals surface area contributed by atoms with Gasteiger partial charge in [0.15, 0.2) is 0 Å². The zero-order valence-corrected chi connectivity index (χ0v) is 12.9. The summed E-state index contributed by atoms with van der Waals surface area (Å²) in [4.78, 5) is 26.9. The van der Waals surface area contributed by atoms with Gasteiger partial charge in [0, 0.05) is 16.9 Å². The fourth-order valence-electron chi connectivity index (χ4n) is 3.07. The Hall–Kier alpha value is -1.75. The van der Waals surface area contributed by atoms with E-state index in [9.17, 15) is 9.59 Å². The molecule has 0 unspecified atom stereocenters. The highest BCUT2D eigenvalue weighted by molar-refractivity contribution is 8.01. The third-order valence-electron chi connectivity index (χ3n) is 3.97. The lowest BCUT2D eigenvalue weighted by molar-refractivity contribution is -0.125. The van der Waals surface area contributed by atoms with Gasteiger partial charge in [0.1, 0.15) is 11.4 Å². The van der Waals surface area contributed by atoms with E-state index in [1.165, 1.54) is 0 Å². The topological polar surface area (TPSA) is 49.4 Å². The maximum Gasteiger partial charge on any atom is 0.256 e. The number of nitrogens with zero attached hydrogens (tertiary/aromatic N) is 1. The largest absolute Gasteiger partial charge is 0.351 e. The number of nitrogens with one attached hydrogen (secondary N) is 1. The van der Waals surface area contributed by atoms with Crippen molar-refractivity contribution in [3.8, 4) is 0 Å². The van der Waals surface area contributed by atoms with E-state index in [2.05, 4.69) is 11.9 Å². The Kier molecular flexibility index (Phi) is 3.32. The van der Waals surface area contributed by atoms with Crippen molar-refractivity contribution < 1.29 is 9.59 Å². The summed E-state index contributed by atoms with van der Waals surface area (Å²) in [6.45, 7) is 8.06. The van der Waals surface area contributed by atoms with Crippen molar-refractivity contribution in [2.24, 2.45) is 0 Å². The van der Waals surface area contributed by atoms with Gasteiger partial charge in [-0.3, -0.25) is 9.59 Å². The van der Waals surface area contributed by atoms with Gasteiger partial charge in [-0.25, -0.2) is 0 Å². The van der Waals surface area contributed by atoms with Crippen molar-refractivity contribution >= 4 is 23.6 Å². The molecule has 1 fully saturated rings. The van der Waals surface area contributed by atoms with Crippen molar-refractivity contribution in [1.82, 2.24) is 10.2 Å². The van der Waals surface area contributed by atoms with E-state index in [0.29, 0.717) is 12.1 Å². The lowest BCUT2D eigenvalue weighted by atomic mass is 10.0. The van der Waals surface area contributed by atoms with E-state index in [0.717, 1.165) is 5.56 Å². The average molecular weight is 302 g/mol. The van der Waals surface area contributed by atoms with Crippen LogP contribution in [0, 0.1) is 0 Å². The number of hydrogen-bond donors (Lipinski definition) is 1. The van der Waals surface area contributed by atoms with Gasteiger partial charge < -0.3 is 10.2 Å². The molecule has 3 rings (SSSR count). The minimum absolute atomic E-state index is 0.0487. The van der Waals surface area contributed by atoms with Gasteiger partial charge in [-0.05, 0) is 25.5 Å². The monoisotopic (exact) mass is 302 g/mol. The molecule has 1 aromatic carbocycles. The number of carbonyl (C=O) groups is 2. The summed E-state index contributed by atoms with van der Waals surface area (Å²) < 4.78 is -0.320. The van der Waals surface area contributed by atoms with Crippen molar-refractivity contribution in [2.45, 2.75) is 30.0 Å². The van der Waals surface area contributed by atoms with Crippen LogP contribution in [0.25, 0.3) is 0 Å². The van der Waals surface area contributed by atoms with Crippen LogP contribution in [0.2, 0.25) is 0 Å². The van der Waals surface area contributed by atoms with Gasteiger partial charge in [0.25, 0.3) is 5.91 Å². The van der Waals surface area contributed by atoms with Crippen LogP contribution in [0.1, 0.15) is 35.1 Å². The Labute approximate surface area is 128 Å². The summed E-state index contributed by atoms with van der Waals surface area (Å²) >= 11 is 1.67. The molecule has 4 nitrogen and oxygen atoms in total. The van der Waals surface area contributed by atoms with E-state index < -0.39 is 6.04 Å². The molecule has 2 aliphatic rings. The molecule has 5 heteroatoms. The molecule has 0 saturated carbocycles. The maximum absolute atomic E-state index is 12.7. The quantitative estimate of drug-likeness (QED) is 0.872. The third-order valence-corrected chi connectivity index (χ3v) is 5.50. The maximum atomic E-state index is 12.7. The molecule has 0 bridgehead atoms. The van der Waals surface area contributed by atoms with E-state index in [-0.39, 0.29) is 21.9 Å². The first kappa shape index (κ1) is 14.2. The molecule has 2 heterocycles. The van der Waals surface area contributed by atoms with E-state index in [1.54, 1.807) is 22.7 Å². The van der Waals surface area contributed by atoms with Gasteiger partial charge in [-0.2, -0.15) is 0 Å². The molecule has 110 valence electrons. The van der Waals surface area contributed by atoms with Gasteiger partial charge >= 0.3 is 0 Å². The fourth-order valence-corrected chi connectivity index (χ4v) is 4.66. The van der Waals surface area contributed by atoms with Crippen molar-refractivity contribution in [2.75, 3.05) is 6.54 Å². The van der Waals surface area contributed by atoms with Gasteiger partial charge in [-0.1, -0.05) is 24.3 Å². The number of hydrogen-bond acceptors (Lipinski definition) is 3. The van der Waals surface area contributed by atoms with E-state index >= 15 is 0 Å². The SMILES string of the molecule is C=CCNC(=O)[C@H]1N2C(=O)c3ccccc3[C@H]2SC1(C)C. The summed E-state index contributed by atoms with van der Waals surface area (Å²) in [5, 5.41) is 2.76. The van der Waals surface area contributed by atoms with Crippen LogP contribution in [-0.4, -0.2) is 34.0 Å². The number of benzene rings is 1. The lowest BCUT2D eigenvalue weighted by Gasteiger charge is -2.29.